The van der Waals surface area contributed by atoms with Crippen LogP contribution in [0.4, 0.5) is 4.79 Å². The van der Waals surface area contributed by atoms with E-state index in [1.54, 1.807) is 0 Å². The van der Waals surface area contributed by atoms with Gasteiger partial charge in [-0.1, -0.05) is 82.3 Å². The molecule has 194 valence electrons. The highest BCUT2D eigenvalue weighted by Crippen LogP contribution is 2.25. The number of alkyl carbamates (subject to hydrolysis) is 1. The van der Waals surface area contributed by atoms with Gasteiger partial charge in [-0.25, -0.2) is 4.79 Å². The van der Waals surface area contributed by atoms with Gasteiger partial charge in [0.05, 0.1) is 19.3 Å². The molecule has 2 aromatic carbocycles. The number of amides is 1. The first-order chi connectivity index (χ1) is 17.3. The van der Waals surface area contributed by atoms with Crippen molar-refractivity contribution in [1.29, 1.82) is 0 Å². The van der Waals surface area contributed by atoms with Crippen LogP contribution in [0, 0.1) is 5.92 Å². The second-order valence-corrected chi connectivity index (χ2v) is 9.46. The van der Waals surface area contributed by atoms with Crippen LogP contribution >= 0.6 is 0 Å². The first-order valence-corrected chi connectivity index (χ1v) is 12.8. The number of likely N-dealkylation sites (N-methyl/N-ethyl adjacent to an activating group) is 1. The fraction of sp³-hybridized carbons (Fsp3) is 0.483. The standard InChI is InChI=1S/C29H38N2O5/c1-5-25(32)27(22-12-8-7-9-13-22)31(6-2)16-15-21-11-10-14-23(17-21)26(28(33)20(3)4)30-29(34)36-24-18-35-19-24/h7-14,17,20,24,26-27H,5-6,15-16,18-19H2,1-4H3,(H,30,34)/t26-,27-/m1/s1. The van der Waals surface area contributed by atoms with Gasteiger partial charge >= 0.3 is 6.09 Å². The van der Waals surface area contributed by atoms with E-state index in [2.05, 4.69) is 17.1 Å². The van der Waals surface area contributed by atoms with Crippen molar-refractivity contribution < 1.29 is 23.9 Å². The molecule has 1 amide bonds. The van der Waals surface area contributed by atoms with Crippen LogP contribution < -0.4 is 5.32 Å². The van der Waals surface area contributed by atoms with E-state index in [0.29, 0.717) is 32.6 Å². The molecule has 1 heterocycles. The lowest BCUT2D eigenvalue weighted by Crippen LogP contribution is -2.43. The molecule has 1 saturated heterocycles. The number of nitrogens with one attached hydrogen (secondary N) is 1. The van der Waals surface area contributed by atoms with Gasteiger partial charge in [-0.3, -0.25) is 14.5 Å². The second kappa shape index (κ2) is 13.3. The van der Waals surface area contributed by atoms with Gasteiger partial charge in [-0.2, -0.15) is 0 Å². The summed E-state index contributed by atoms with van der Waals surface area (Å²) in [5, 5.41) is 2.76. The third kappa shape index (κ3) is 7.24. The smallest absolute Gasteiger partial charge is 0.408 e. The molecule has 0 spiro atoms. The van der Waals surface area contributed by atoms with Crippen LogP contribution in [0.1, 0.15) is 62.9 Å². The Morgan fingerprint density at radius 1 is 1.03 bits per heavy atom. The van der Waals surface area contributed by atoms with Gasteiger partial charge < -0.3 is 14.8 Å². The number of hydrogen-bond donors (Lipinski definition) is 1. The van der Waals surface area contributed by atoms with E-state index in [1.807, 2.05) is 75.4 Å². The van der Waals surface area contributed by atoms with Gasteiger partial charge in [0.15, 0.2) is 17.7 Å². The Kier molecular flexibility index (Phi) is 10.2. The molecule has 0 aromatic heterocycles. The fourth-order valence-electron chi connectivity index (χ4n) is 4.34. The molecule has 3 rings (SSSR count). The number of benzene rings is 2. The third-order valence-corrected chi connectivity index (χ3v) is 6.51. The average Bonchev–Trinajstić information content (AvgIpc) is 2.87. The van der Waals surface area contributed by atoms with E-state index in [-0.39, 0.29) is 29.6 Å². The summed E-state index contributed by atoms with van der Waals surface area (Å²) < 4.78 is 10.4. The number of ether oxygens (including phenoxy) is 2. The van der Waals surface area contributed by atoms with Crippen LogP contribution in [-0.4, -0.2) is 55.0 Å². The lowest BCUT2D eigenvalue weighted by Gasteiger charge is -2.30. The summed E-state index contributed by atoms with van der Waals surface area (Å²) >= 11 is 0. The van der Waals surface area contributed by atoms with Gasteiger partial charge in [0.1, 0.15) is 6.04 Å². The van der Waals surface area contributed by atoms with Crippen molar-refractivity contribution in [2.75, 3.05) is 26.3 Å². The maximum absolute atomic E-state index is 13.0. The zero-order valence-corrected chi connectivity index (χ0v) is 21.7. The molecule has 1 aliphatic rings. The highest BCUT2D eigenvalue weighted by molar-refractivity contribution is 5.90. The molecule has 1 aliphatic heterocycles. The van der Waals surface area contributed by atoms with E-state index >= 15 is 0 Å². The van der Waals surface area contributed by atoms with E-state index in [4.69, 9.17) is 9.47 Å². The molecule has 0 radical (unpaired) electrons. The van der Waals surface area contributed by atoms with Crippen molar-refractivity contribution in [2.24, 2.45) is 5.92 Å². The Bertz CT molecular complexity index is 1020. The highest BCUT2D eigenvalue weighted by Gasteiger charge is 2.29. The molecule has 0 saturated carbocycles. The van der Waals surface area contributed by atoms with Crippen molar-refractivity contribution in [3.05, 3.63) is 71.3 Å². The van der Waals surface area contributed by atoms with E-state index < -0.39 is 12.1 Å². The first-order valence-electron chi connectivity index (χ1n) is 12.8. The van der Waals surface area contributed by atoms with Crippen LogP contribution in [0.3, 0.4) is 0 Å². The predicted octanol–water partition coefficient (Wildman–Crippen LogP) is 4.66. The minimum atomic E-state index is -0.792. The van der Waals surface area contributed by atoms with E-state index in [0.717, 1.165) is 23.2 Å². The van der Waals surface area contributed by atoms with Gasteiger partial charge in [-0.05, 0) is 29.7 Å². The minimum absolute atomic E-state index is 0.0816. The van der Waals surface area contributed by atoms with Crippen LogP contribution in [0.15, 0.2) is 54.6 Å². The van der Waals surface area contributed by atoms with Crippen molar-refractivity contribution >= 4 is 17.7 Å². The normalized spacial score (nSPS) is 15.3. The summed E-state index contributed by atoms with van der Waals surface area (Å²) in [6.07, 6.45) is 0.288. The summed E-state index contributed by atoms with van der Waals surface area (Å²) in [6, 6.07) is 16.5. The monoisotopic (exact) mass is 494 g/mol. The molecule has 0 bridgehead atoms. The molecule has 36 heavy (non-hydrogen) atoms. The molecule has 7 nitrogen and oxygen atoms in total. The Morgan fingerprint density at radius 3 is 2.31 bits per heavy atom. The Morgan fingerprint density at radius 2 is 1.72 bits per heavy atom. The number of carbonyl (C=O) groups excluding carboxylic acids is 3. The molecule has 0 aliphatic carbocycles. The van der Waals surface area contributed by atoms with E-state index in [9.17, 15) is 14.4 Å². The largest absolute Gasteiger partial charge is 0.441 e. The third-order valence-electron chi connectivity index (χ3n) is 6.51. The summed E-state index contributed by atoms with van der Waals surface area (Å²) in [4.78, 5) is 40.5. The molecule has 1 fully saturated rings. The zero-order valence-electron chi connectivity index (χ0n) is 21.7. The maximum Gasteiger partial charge on any atom is 0.408 e. The van der Waals surface area contributed by atoms with Gasteiger partial charge in [-0.15, -0.1) is 0 Å². The molecule has 7 heteroatoms. The Balaban J connectivity index is 1.75. The Hall–Kier alpha value is -3.03. The molecule has 0 unspecified atom stereocenters. The zero-order chi connectivity index (χ0) is 26.1. The van der Waals surface area contributed by atoms with Crippen molar-refractivity contribution in [3.8, 4) is 0 Å². The SMILES string of the molecule is CCC(=O)[C@@H](c1ccccc1)N(CC)CCc1cccc([C@@H](NC(=O)OC2COC2)C(=O)C(C)C)c1. The van der Waals surface area contributed by atoms with Gasteiger partial charge in [0.25, 0.3) is 0 Å². The summed E-state index contributed by atoms with van der Waals surface area (Å²) in [7, 11) is 0. The lowest BCUT2D eigenvalue weighted by atomic mass is 9.93. The summed E-state index contributed by atoms with van der Waals surface area (Å²) in [5.74, 6) is -0.144. The molecule has 1 N–H and O–H groups in total. The predicted molar refractivity (Wildman–Crippen MR) is 139 cm³/mol. The number of rotatable bonds is 13. The lowest BCUT2D eigenvalue weighted by molar-refractivity contribution is -0.125. The minimum Gasteiger partial charge on any atom is -0.441 e. The first kappa shape index (κ1) is 27.6. The Labute approximate surface area is 214 Å². The number of Topliss-reactive ketones (excluding diaryl/α,β-unsaturated/α-hetero) is 2. The van der Waals surface area contributed by atoms with Crippen LogP contribution in [-0.2, 0) is 25.5 Å². The van der Waals surface area contributed by atoms with E-state index in [1.165, 1.54) is 0 Å². The molecular formula is C29H38N2O5. The topological polar surface area (TPSA) is 84.9 Å². The summed E-state index contributed by atoms with van der Waals surface area (Å²) in [6.45, 7) is 9.78. The van der Waals surface area contributed by atoms with Crippen molar-refractivity contribution in [3.63, 3.8) is 0 Å². The van der Waals surface area contributed by atoms with Crippen molar-refractivity contribution in [1.82, 2.24) is 10.2 Å². The molecular weight excluding hydrogens is 456 g/mol. The van der Waals surface area contributed by atoms with Crippen LogP contribution in [0.5, 0.6) is 0 Å². The fourth-order valence-corrected chi connectivity index (χ4v) is 4.34. The molecule has 2 atom stereocenters. The molecule has 2 aromatic rings. The number of hydrogen-bond acceptors (Lipinski definition) is 6. The summed E-state index contributed by atoms with van der Waals surface area (Å²) in [5.41, 5.74) is 2.76. The average molecular weight is 495 g/mol. The second-order valence-electron chi connectivity index (χ2n) is 9.46. The quantitative estimate of drug-likeness (QED) is 0.436. The number of ketones is 2. The number of carbonyl (C=O) groups is 3. The van der Waals surface area contributed by atoms with Gasteiger partial charge in [0, 0.05) is 18.9 Å². The number of nitrogens with zero attached hydrogens (tertiary/aromatic N) is 1. The van der Waals surface area contributed by atoms with Crippen LogP contribution in [0.2, 0.25) is 0 Å². The maximum atomic E-state index is 13.0. The van der Waals surface area contributed by atoms with Gasteiger partial charge in [0.2, 0.25) is 0 Å². The van der Waals surface area contributed by atoms with Crippen LogP contribution in [0.25, 0.3) is 0 Å². The highest BCUT2D eigenvalue weighted by atomic mass is 16.6. The van der Waals surface area contributed by atoms with Crippen molar-refractivity contribution in [2.45, 2.75) is 58.7 Å².